The lowest BCUT2D eigenvalue weighted by molar-refractivity contribution is 0.618. The van der Waals surface area contributed by atoms with Gasteiger partial charge in [-0.05, 0) is 37.1 Å². The van der Waals surface area contributed by atoms with Crippen LogP contribution < -0.4 is 0 Å². The van der Waals surface area contributed by atoms with E-state index in [-0.39, 0.29) is 5.82 Å². The number of aryl methyl sites for hydroxylation is 1. The van der Waals surface area contributed by atoms with Crippen molar-refractivity contribution in [3.8, 4) is 11.4 Å². The molecular weight excluding hydrogens is 286 g/mol. The zero-order chi connectivity index (χ0) is 14.0. The molecule has 0 radical (unpaired) electrons. The van der Waals surface area contributed by atoms with Gasteiger partial charge in [-0.1, -0.05) is 36.5 Å². The van der Waals surface area contributed by atoms with Gasteiger partial charge in [-0.25, -0.2) is 14.4 Å². The number of hydrogen-bond donors (Lipinski definition) is 0. The van der Waals surface area contributed by atoms with Gasteiger partial charge in [0.2, 0.25) is 0 Å². The average Bonchev–Trinajstić information content (AvgIpc) is 2.37. The van der Waals surface area contributed by atoms with Crippen molar-refractivity contribution >= 4 is 23.2 Å². The van der Waals surface area contributed by atoms with E-state index in [4.69, 9.17) is 23.2 Å². The van der Waals surface area contributed by atoms with Gasteiger partial charge in [0.25, 0.3) is 0 Å². The van der Waals surface area contributed by atoms with Crippen molar-refractivity contribution in [2.24, 2.45) is 0 Å². The molecule has 0 unspecified atom stereocenters. The Balaban J connectivity index is 2.48. The van der Waals surface area contributed by atoms with Crippen molar-refractivity contribution in [2.45, 2.75) is 26.7 Å². The minimum absolute atomic E-state index is 0.261. The Morgan fingerprint density at radius 2 is 1.79 bits per heavy atom. The fraction of sp³-hybridized carbons (Fsp3) is 0.286. The zero-order valence-corrected chi connectivity index (χ0v) is 12.2. The van der Waals surface area contributed by atoms with Crippen molar-refractivity contribution in [3.05, 3.63) is 45.4 Å². The van der Waals surface area contributed by atoms with Gasteiger partial charge >= 0.3 is 0 Å². The third kappa shape index (κ3) is 3.04. The summed E-state index contributed by atoms with van der Waals surface area (Å²) in [7, 11) is 0. The molecule has 2 nitrogen and oxygen atoms in total. The molecule has 0 aliphatic heterocycles. The summed E-state index contributed by atoms with van der Waals surface area (Å²) < 4.78 is 13.2. The fourth-order valence-electron chi connectivity index (χ4n) is 1.80. The molecule has 0 aliphatic rings. The second-order valence-electron chi connectivity index (χ2n) is 4.32. The van der Waals surface area contributed by atoms with Gasteiger partial charge in [0.05, 0.1) is 0 Å². The maximum Gasteiger partial charge on any atom is 0.162 e. The van der Waals surface area contributed by atoms with E-state index in [9.17, 15) is 4.39 Å². The fourth-order valence-corrected chi connectivity index (χ4v) is 2.38. The van der Waals surface area contributed by atoms with Crippen molar-refractivity contribution < 1.29 is 4.39 Å². The molecule has 1 heterocycles. The predicted molar refractivity (Wildman–Crippen MR) is 76.2 cm³/mol. The third-order valence-corrected chi connectivity index (χ3v) is 3.45. The lowest BCUT2D eigenvalue weighted by Crippen LogP contribution is -1.98. The minimum atomic E-state index is -0.261. The van der Waals surface area contributed by atoms with Crippen LogP contribution >= 0.6 is 23.2 Å². The molecule has 0 amide bonds. The number of nitrogens with zero attached hydrogens (tertiary/aromatic N) is 2. The first-order valence-corrected chi connectivity index (χ1v) is 6.77. The summed E-state index contributed by atoms with van der Waals surface area (Å²) >= 11 is 12.2. The molecule has 0 bridgehead atoms. The molecule has 1 aromatic carbocycles. The molecule has 0 saturated carbocycles. The first-order chi connectivity index (χ1) is 9.02. The molecule has 0 N–H and O–H groups in total. The summed E-state index contributed by atoms with van der Waals surface area (Å²) in [4.78, 5) is 8.48. The normalized spacial score (nSPS) is 10.8. The molecule has 100 valence electrons. The highest BCUT2D eigenvalue weighted by Gasteiger charge is 2.12. The second-order valence-corrected chi connectivity index (χ2v) is 5.04. The Labute approximate surface area is 121 Å². The summed E-state index contributed by atoms with van der Waals surface area (Å²) in [6.45, 7) is 3.72. The first-order valence-electron chi connectivity index (χ1n) is 6.01. The number of hydrogen-bond acceptors (Lipinski definition) is 2. The summed E-state index contributed by atoms with van der Waals surface area (Å²) in [6.07, 6.45) is 1.65. The SMILES string of the molecule is CCCc1c(Cl)nc(-c2ccc(F)c(C)c2)nc1Cl. The number of benzene rings is 1. The lowest BCUT2D eigenvalue weighted by Gasteiger charge is -2.08. The molecule has 0 saturated heterocycles. The maximum atomic E-state index is 13.2. The van der Waals surface area contributed by atoms with E-state index in [1.807, 2.05) is 6.92 Å². The van der Waals surface area contributed by atoms with Crippen molar-refractivity contribution in [1.82, 2.24) is 9.97 Å². The van der Waals surface area contributed by atoms with Crippen LogP contribution in [0.25, 0.3) is 11.4 Å². The van der Waals surface area contributed by atoms with Crippen LogP contribution in [0.15, 0.2) is 18.2 Å². The van der Waals surface area contributed by atoms with Crippen LogP contribution in [0.2, 0.25) is 10.3 Å². The summed E-state index contributed by atoms with van der Waals surface area (Å²) in [6, 6.07) is 4.68. The predicted octanol–water partition coefficient (Wildman–Crippen LogP) is 4.85. The van der Waals surface area contributed by atoms with Crippen LogP contribution in [0.1, 0.15) is 24.5 Å². The Morgan fingerprint density at radius 3 is 2.32 bits per heavy atom. The molecule has 0 atom stereocenters. The highest BCUT2D eigenvalue weighted by atomic mass is 35.5. The number of aromatic nitrogens is 2. The Hall–Kier alpha value is -1.19. The quantitative estimate of drug-likeness (QED) is 0.757. The third-order valence-electron chi connectivity index (χ3n) is 2.82. The molecular formula is C14H13Cl2FN2. The van der Waals surface area contributed by atoms with Crippen molar-refractivity contribution in [3.63, 3.8) is 0 Å². The van der Waals surface area contributed by atoms with E-state index in [2.05, 4.69) is 9.97 Å². The Bertz CT molecular complexity index is 591. The van der Waals surface area contributed by atoms with Crippen LogP contribution in [0.4, 0.5) is 4.39 Å². The average molecular weight is 299 g/mol. The topological polar surface area (TPSA) is 25.8 Å². The van der Waals surface area contributed by atoms with E-state index in [1.165, 1.54) is 6.07 Å². The summed E-state index contributed by atoms with van der Waals surface area (Å²) in [5, 5.41) is 0.720. The van der Waals surface area contributed by atoms with Gasteiger partial charge in [0, 0.05) is 11.1 Å². The van der Waals surface area contributed by atoms with Crippen LogP contribution in [0.3, 0.4) is 0 Å². The molecule has 0 spiro atoms. The molecule has 19 heavy (non-hydrogen) atoms. The van der Waals surface area contributed by atoms with E-state index in [1.54, 1.807) is 19.1 Å². The summed E-state index contributed by atoms with van der Waals surface area (Å²) in [5.74, 6) is 0.154. The van der Waals surface area contributed by atoms with Crippen LogP contribution in [0, 0.1) is 12.7 Å². The van der Waals surface area contributed by atoms with E-state index < -0.39 is 0 Å². The Kier molecular flexibility index (Phi) is 4.38. The number of halogens is 3. The van der Waals surface area contributed by atoms with E-state index >= 15 is 0 Å². The zero-order valence-electron chi connectivity index (χ0n) is 10.7. The van der Waals surface area contributed by atoms with Gasteiger partial charge in [0.1, 0.15) is 16.1 Å². The van der Waals surface area contributed by atoms with Crippen molar-refractivity contribution in [1.29, 1.82) is 0 Å². The second kappa shape index (κ2) is 5.85. The maximum absolute atomic E-state index is 13.2. The number of rotatable bonds is 3. The van der Waals surface area contributed by atoms with Gasteiger partial charge in [0.15, 0.2) is 5.82 Å². The monoisotopic (exact) mass is 298 g/mol. The smallest absolute Gasteiger partial charge is 0.162 e. The lowest BCUT2D eigenvalue weighted by atomic mass is 10.1. The first kappa shape index (κ1) is 14.2. The highest BCUT2D eigenvalue weighted by molar-refractivity contribution is 6.34. The molecule has 1 aromatic heterocycles. The Morgan fingerprint density at radius 1 is 1.16 bits per heavy atom. The molecule has 2 aromatic rings. The van der Waals surface area contributed by atoms with E-state index in [0.717, 1.165) is 18.4 Å². The molecule has 0 fully saturated rings. The van der Waals surface area contributed by atoms with Gasteiger partial charge < -0.3 is 0 Å². The van der Waals surface area contributed by atoms with Crippen LogP contribution in [-0.4, -0.2) is 9.97 Å². The van der Waals surface area contributed by atoms with Gasteiger partial charge in [-0.15, -0.1) is 0 Å². The van der Waals surface area contributed by atoms with Crippen LogP contribution in [0.5, 0.6) is 0 Å². The van der Waals surface area contributed by atoms with Crippen LogP contribution in [-0.2, 0) is 6.42 Å². The van der Waals surface area contributed by atoms with Gasteiger partial charge in [-0.2, -0.15) is 0 Å². The molecule has 2 rings (SSSR count). The molecule has 0 aliphatic carbocycles. The minimum Gasteiger partial charge on any atom is -0.216 e. The van der Waals surface area contributed by atoms with Gasteiger partial charge in [-0.3, -0.25) is 0 Å². The summed E-state index contributed by atoms with van der Waals surface area (Å²) in [5.41, 5.74) is 1.99. The molecule has 5 heteroatoms. The van der Waals surface area contributed by atoms with E-state index in [0.29, 0.717) is 27.3 Å². The largest absolute Gasteiger partial charge is 0.216 e. The van der Waals surface area contributed by atoms with Crippen molar-refractivity contribution in [2.75, 3.05) is 0 Å². The standard InChI is InChI=1S/C14H13Cl2FN2/c1-3-4-10-12(15)18-14(19-13(10)16)9-5-6-11(17)8(2)7-9/h5-7H,3-4H2,1-2H3. The highest BCUT2D eigenvalue weighted by Crippen LogP contribution is 2.27.